The Kier molecular flexibility index (Phi) is 6.37. The van der Waals surface area contributed by atoms with Crippen molar-refractivity contribution in [3.63, 3.8) is 0 Å². The van der Waals surface area contributed by atoms with E-state index in [1.807, 2.05) is 61.5 Å². The van der Waals surface area contributed by atoms with Crippen molar-refractivity contribution in [1.29, 1.82) is 0 Å². The quantitative estimate of drug-likeness (QED) is 0.563. The van der Waals surface area contributed by atoms with Crippen molar-refractivity contribution >= 4 is 21.8 Å². The molecule has 0 bridgehead atoms. The van der Waals surface area contributed by atoms with Gasteiger partial charge in [0.2, 0.25) is 10.0 Å². The standard InChI is InChI=1S/C22H23NO2S2/c1-17-12-14-20(15-13-17)27(24,25)23-21(19-9-4-3-5-10-19)16-26-22-11-7-6-8-18(22)2/h3-15,21,23H,16H2,1-2H3. The van der Waals surface area contributed by atoms with Crippen molar-refractivity contribution in [1.82, 2.24) is 4.72 Å². The predicted molar refractivity (Wildman–Crippen MR) is 113 cm³/mol. The van der Waals surface area contributed by atoms with Gasteiger partial charge in [-0.1, -0.05) is 66.2 Å². The van der Waals surface area contributed by atoms with E-state index in [0.29, 0.717) is 5.75 Å². The Labute approximate surface area is 165 Å². The number of sulfonamides is 1. The highest BCUT2D eigenvalue weighted by atomic mass is 32.2. The normalized spacial score (nSPS) is 12.7. The zero-order valence-electron chi connectivity index (χ0n) is 15.4. The molecular weight excluding hydrogens is 374 g/mol. The molecule has 3 aromatic rings. The Bertz CT molecular complexity index is 984. The molecule has 0 saturated heterocycles. The first kappa shape index (κ1) is 19.7. The molecule has 0 heterocycles. The second-order valence-corrected chi connectivity index (χ2v) is 9.25. The summed E-state index contributed by atoms with van der Waals surface area (Å²) in [5.41, 5.74) is 3.17. The van der Waals surface area contributed by atoms with Crippen molar-refractivity contribution in [2.75, 3.05) is 5.75 Å². The predicted octanol–water partition coefficient (Wildman–Crippen LogP) is 5.12. The minimum absolute atomic E-state index is 0.287. The lowest BCUT2D eigenvalue weighted by atomic mass is 10.1. The zero-order valence-corrected chi connectivity index (χ0v) is 17.1. The first-order chi connectivity index (χ1) is 13.0. The van der Waals surface area contributed by atoms with Crippen molar-refractivity contribution in [3.05, 3.63) is 95.6 Å². The first-order valence-electron chi connectivity index (χ1n) is 8.78. The number of hydrogen-bond acceptors (Lipinski definition) is 3. The van der Waals surface area contributed by atoms with Crippen LogP contribution in [0.5, 0.6) is 0 Å². The van der Waals surface area contributed by atoms with Crippen LogP contribution >= 0.6 is 11.8 Å². The van der Waals surface area contributed by atoms with Gasteiger partial charge in [-0.2, -0.15) is 0 Å². The number of rotatable bonds is 7. The lowest BCUT2D eigenvalue weighted by Gasteiger charge is -2.19. The van der Waals surface area contributed by atoms with Crippen LogP contribution in [0.15, 0.2) is 88.7 Å². The van der Waals surface area contributed by atoms with Crippen molar-refractivity contribution in [2.24, 2.45) is 0 Å². The molecule has 0 spiro atoms. The number of aryl methyl sites for hydroxylation is 2. The van der Waals surface area contributed by atoms with Gasteiger partial charge < -0.3 is 0 Å². The molecule has 1 atom stereocenters. The van der Waals surface area contributed by atoms with E-state index in [-0.39, 0.29) is 10.9 Å². The highest BCUT2D eigenvalue weighted by Crippen LogP contribution is 2.28. The molecule has 3 nitrogen and oxygen atoms in total. The van der Waals surface area contributed by atoms with E-state index >= 15 is 0 Å². The van der Waals surface area contributed by atoms with E-state index in [9.17, 15) is 8.42 Å². The molecule has 3 aromatic carbocycles. The Balaban J connectivity index is 1.84. The van der Waals surface area contributed by atoms with Crippen LogP contribution in [-0.2, 0) is 10.0 Å². The van der Waals surface area contributed by atoms with E-state index < -0.39 is 10.0 Å². The Hall–Kier alpha value is -2.08. The summed E-state index contributed by atoms with van der Waals surface area (Å²) in [6, 6.07) is 24.5. The molecule has 0 amide bonds. The lowest BCUT2D eigenvalue weighted by molar-refractivity contribution is 0.568. The van der Waals surface area contributed by atoms with Gasteiger partial charge in [0.25, 0.3) is 0 Å². The molecule has 0 aliphatic heterocycles. The molecule has 1 N–H and O–H groups in total. The Morgan fingerprint density at radius 2 is 1.48 bits per heavy atom. The minimum atomic E-state index is -3.60. The van der Waals surface area contributed by atoms with Crippen LogP contribution in [-0.4, -0.2) is 14.2 Å². The van der Waals surface area contributed by atoms with E-state index in [2.05, 4.69) is 23.8 Å². The van der Waals surface area contributed by atoms with E-state index in [0.717, 1.165) is 16.0 Å². The van der Waals surface area contributed by atoms with Gasteiger partial charge in [0.1, 0.15) is 0 Å². The summed E-state index contributed by atoms with van der Waals surface area (Å²) in [5, 5.41) is 0. The molecule has 5 heteroatoms. The summed E-state index contributed by atoms with van der Waals surface area (Å²) in [6.07, 6.45) is 0. The fraction of sp³-hybridized carbons (Fsp3) is 0.182. The summed E-state index contributed by atoms with van der Waals surface area (Å²) >= 11 is 1.66. The van der Waals surface area contributed by atoms with Crippen LogP contribution in [0, 0.1) is 13.8 Å². The third-order valence-electron chi connectivity index (χ3n) is 4.33. The Morgan fingerprint density at radius 1 is 0.852 bits per heavy atom. The average molecular weight is 398 g/mol. The van der Waals surface area contributed by atoms with Gasteiger partial charge in [0, 0.05) is 10.6 Å². The van der Waals surface area contributed by atoms with Crippen molar-refractivity contribution < 1.29 is 8.42 Å². The maximum Gasteiger partial charge on any atom is 0.241 e. The molecule has 0 aromatic heterocycles. The van der Waals surface area contributed by atoms with Crippen LogP contribution in [0.4, 0.5) is 0 Å². The topological polar surface area (TPSA) is 46.2 Å². The Morgan fingerprint density at radius 3 is 2.15 bits per heavy atom. The summed E-state index contributed by atoms with van der Waals surface area (Å²) in [5.74, 6) is 0.611. The van der Waals surface area contributed by atoms with Gasteiger partial charge in [-0.3, -0.25) is 0 Å². The molecule has 1 unspecified atom stereocenters. The minimum Gasteiger partial charge on any atom is -0.207 e. The van der Waals surface area contributed by atoms with Gasteiger partial charge in [-0.15, -0.1) is 11.8 Å². The van der Waals surface area contributed by atoms with Crippen molar-refractivity contribution in [3.8, 4) is 0 Å². The summed E-state index contributed by atoms with van der Waals surface area (Å²) in [6.45, 7) is 4.01. The van der Waals surface area contributed by atoms with E-state index in [1.165, 1.54) is 5.56 Å². The van der Waals surface area contributed by atoms with E-state index in [1.54, 1.807) is 23.9 Å². The van der Waals surface area contributed by atoms with Crippen LogP contribution in [0.3, 0.4) is 0 Å². The average Bonchev–Trinajstić information content (AvgIpc) is 2.67. The summed E-state index contributed by atoms with van der Waals surface area (Å²) in [4.78, 5) is 1.45. The fourth-order valence-electron chi connectivity index (χ4n) is 2.75. The van der Waals surface area contributed by atoms with Crippen LogP contribution in [0.25, 0.3) is 0 Å². The molecule has 0 saturated carbocycles. The number of hydrogen-bond donors (Lipinski definition) is 1. The molecule has 140 valence electrons. The molecule has 0 fully saturated rings. The highest BCUT2D eigenvalue weighted by Gasteiger charge is 2.21. The lowest BCUT2D eigenvalue weighted by Crippen LogP contribution is -2.30. The van der Waals surface area contributed by atoms with Gasteiger partial charge >= 0.3 is 0 Å². The second-order valence-electron chi connectivity index (χ2n) is 6.47. The monoisotopic (exact) mass is 397 g/mol. The maximum absolute atomic E-state index is 12.9. The largest absolute Gasteiger partial charge is 0.241 e. The first-order valence-corrected chi connectivity index (χ1v) is 11.2. The zero-order chi connectivity index (χ0) is 19.3. The van der Waals surface area contributed by atoms with Crippen LogP contribution < -0.4 is 4.72 Å². The number of thioether (sulfide) groups is 1. The highest BCUT2D eigenvalue weighted by molar-refractivity contribution is 7.99. The summed E-state index contributed by atoms with van der Waals surface area (Å²) in [7, 11) is -3.60. The van der Waals surface area contributed by atoms with Gasteiger partial charge in [0.15, 0.2) is 0 Å². The van der Waals surface area contributed by atoms with Gasteiger partial charge in [-0.05, 0) is 43.2 Å². The van der Waals surface area contributed by atoms with Gasteiger partial charge in [0.05, 0.1) is 10.9 Å². The SMILES string of the molecule is Cc1ccc(S(=O)(=O)NC(CSc2ccccc2C)c2ccccc2)cc1. The number of nitrogens with one attached hydrogen (secondary N) is 1. The third-order valence-corrected chi connectivity index (χ3v) is 7.09. The molecule has 0 aliphatic carbocycles. The van der Waals surface area contributed by atoms with Crippen molar-refractivity contribution in [2.45, 2.75) is 29.7 Å². The molecule has 0 radical (unpaired) electrons. The summed E-state index contributed by atoms with van der Waals surface area (Å²) < 4.78 is 28.7. The van der Waals surface area contributed by atoms with Crippen LogP contribution in [0.1, 0.15) is 22.7 Å². The molecule has 27 heavy (non-hydrogen) atoms. The van der Waals surface area contributed by atoms with E-state index in [4.69, 9.17) is 0 Å². The third kappa shape index (κ3) is 5.22. The second kappa shape index (κ2) is 8.74. The maximum atomic E-state index is 12.9. The molecule has 0 aliphatic rings. The molecular formula is C22H23NO2S2. The van der Waals surface area contributed by atoms with Crippen LogP contribution in [0.2, 0.25) is 0 Å². The molecule has 3 rings (SSSR count). The smallest absolute Gasteiger partial charge is 0.207 e. The fourth-order valence-corrected chi connectivity index (χ4v) is 5.17. The number of benzene rings is 3. The van der Waals surface area contributed by atoms with Gasteiger partial charge in [-0.25, -0.2) is 13.1 Å².